The van der Waals surface area contributed by atoms with E-state index in [1.807, 2.05) is 19.1 Å². The van der Waals surface area contributed by atoms with Crippen LogP contribution < -0.4 is 10.2 Å². The number of aromatic amines is 1. The van der Waals surface area contributed by atoms with Gasteiger partial charge in [0.15, 0.2) is 0 Å². The molecule has 138 valence electrons. The quantitative estimate of drug-likeness (QED) is 0.613. The number of nitrogens with zero attached hydrogens (tertiary/aromatic N) is 2. The van der Waals surface area contributed by atoms with Gasteiger partial charge < -0.3 is 14.5 Å². The molecule has 2 N–H and O–H groups in total. The third-order valence-corrected chi connectivity index (χ3v) is 4.36. The summed E-state index contributed by atoms with van der Waals surface area (Å²) in [4.78, 5) is 17.2. The Morgan fingerprint density at radius 3 is 2.85 bits per heavy atom. The van der Waals surface area contributed by atoms with Crippen LogP contribution in [0.3, 0.4) is 0 Å². The molecule has 0 unspecified atom stereocenters. The molecule has 7 heteroatoms. The number of carbonyl (C=O) groups excluding carboxylic acids is 1. The van der Waals surface area contributed by atoms with Crippen LogP contribution in [-0.4, -0.2) is 54.9 Å². The first-order chi connectivity index (χ1) is 12.7. The summed E-state index contributed by atoms with van der Waals surface area (Å²) in [6.45, 7) is 6.00. The zero-order valence-electron chi connectivity index (χ0n) is 15.1. The third-order valence-electron chi connectivity index (χ3n) is 4.36. The molecule has 1 amide bonds. The number of hydrogen-bond donors (Lipinski definition) is 2. The fraction of sp³-hybridized carbons (Fsp3) is 0.368. The first-order valence-electron chi connectivity index (χ1n) is 8.63. The van der Waals surface area contributed by atoms with Crippen molar-refractivity contribution in [2.24, 2.45) is 5.10 Å². The minimum atomic E-state index is -0.267. The van der Waals surface area contributed by atoms with Crippen molar-refractivity contribution in [1.82, 2.24) is 15.3 Å². The number of ether oxygens (including phenoxy) is 2. The van der Waals surface area contributed by atoms with E-state index < -0.39 is 0 Å². The van der Waals surface area contributed by atoms with Gasteiger partial charge >= 0.3 is 0 Å². The van der Waals surface area contributed by atoms with E-state index in [9.17, 15) is 4.79 Å². The minimum absolute atomic E-state index is 0.267. The van der Waals surface area contributed by atoms with Crippen molar-refractivity contribution >= 4 is 11.6 Å². The Morgan fingerprint density at radius 1 is 1.35 bits per heavy atom. The van der Waals surface area contributed by atoms with E-state index in [2.05, 4.69) is 26.5 Å². The Balaban J connectivity index is 1.73. The van der Waals surface area contributed by atoms with Gasteiger partial charge in [0.05, 0.1) is 26.0 Å². The van der Waals surface area contributed by atoms with Gasteiger partial charge in [0.2, 0.25) is 0 Å². The molecular weight excluding hydrogens is 332 g/mol. The summed E-state index contributed by atoms with van der Waals surface area (Å²) in [6.07, 6.45) is 1.70. The zero-order chi connectivity index (χ0) is 18.4. The molecule has 3 rings (SSSR count). The van der Waals surface area contributed by atoms with Crippen molar-refractivity contribution in [3.05, 3.63) is 53.3 Å². The van der Waals surface area contributed by atoms with Crippen LogP contribution in [0.2, 0.25) is 0 Å². The maximum absolute atomic E-state index is 12.0. The van der Waals surface area contributed by atoms with Crippen LogP contribution in [0.5, 0.6) is 5.75 Å². The molecule has 2 aromatic rings. The zero-order valence-corrected chi connectivity index (χ0v) is 15.1. The Labute approximate surface area is 153 Å². The van der Waals surface area contributed by atoms with E-state index in [0.717, 1.165) is 55.4 Å². The van der Waals surface area contributed by atoms with Crippen LogP contribution in [0.15, 0.2) is 41.6 Å². The normalized spacial score (nSPS) is 15.7. The molecule has 1 aromatic carbocycles. The molecule has 7 nitrogen and oxygen atoms in total. The second-order valence-corrected chi connectivity index (χ2v) is 6.14. The SMILES string of the molecule is COc1ccc(/C(C)=N\NC(=O)c2ccc[nH]2)cc1CN1CCOCC1. The standard InChI is InChI=1S/C19H24N4O3/c1-14(21-22-19(24)17-4-3-7-20-17)15-5-6-18(25-2)16(12-15)13-23-8-10-26-11-9-23/h3-7,12,20H,8-11,13H2,1-2H3,(H,22,24)/b21-14-. The van der Waals surface area contributed by atoms with Crippen LogP contribution in [-0.2, 0) is 11.3 Å². The van der Waals surface area contributed by atoms with E-state index in [-0.39, 0.29) is 5.91 Å². The van der Waals surface area contributed by atoms with Crippen molar-refractivity contribution in [3.63, 3.8) is 0 Å². The van der Waals surface area contributed by atoms with Crippen LogP contribution >= 0.6 is 0 Å². The number of carbonyl (C=O) groups is 1. The van der Waals surface area contributed by atoms with Gasteiger partial charge in [0.25, 0.3) is 5.91 Å². The fourth-order valence-electron chi connectivity index (χ4n) is 2.86. The lowest BCUT2D eigenvalue weighted by Gasteiger charge is -2.27. The van der Waals surface area contributed by atoms with Gasteiger partial charge in [-0.2, -0.15) is 5.10 Å². The van der Waals surface area contributed by atoms with Gasteiger partial charge in [-0.15, -0.1) is 0 Å². The maximum atomic E-state index is 12.0. The van der Waals surface area contributed by atoms with E-state index in [1.54, 1.807) is 25.4 Å². The van der Waals surface area contributed by atoms with Crippen LogP contribution in [0, 0.1) is 0 Å². The molecule has 26 heavy (non-hydrogen) atoms. The highest BCUT2D eigenvalue weighted by Crippen LogP contribution is 2.22. The van der Waals surface area contributed by atoms with Crippen molar-refractivity contribution in [2.75, 3.05) is 33.4 Å². The lowest BCUT2D eigenvalue weighted by atomic mass is 10.1. The van der Waals surface area contributed by atoms with Gasteiger partial charge in [-0.3, -0.25) is 9.69 Å². The predicted octanol–water partition coefficient (Wildman–Crippen LogP) is 2.01. The molecule has 0 saturated carbocycles. The molecular formula is C19H24N4O3. The maximum Gasteiger partial charge on any atom is 0.287 e. The number of nitrogens with one attached hydrogen (secondary N) is 2. The van der Waals surface area contributed by atoms with Crippen molar-refractivity contribution < 1.29 is 14.3 Å². The summed E-state index contributed by atoms with van der Waals surface area (Å²) < 4.78 is 10.9. The highest BCUT2D eigenvalue weighted by atomic mass is 16.5. The number of H-pyrrole nitrogens is 1. The monoisotopic (exact) mass is 356 g/mol. The van der Waals surface area contributed by atoms with Gasteiger partial charge in [0.1, 0.15) is 11.4 Å². The number of aromatic nitrogens is 1. The molecule has 2 heterocycles. The average Bonchev–Trinajstić information content (AvgIpc) is 3.21. The predicted molar refractivity (Wildman–Crippen MR) is 99.6 cm³/mol. The van der Waals surface area contributed by atoms with Gasteiger partial charge in [-0.25, -0.2) is 5.43 Å². The number of hydrogen-bond acceptors (Lipinski definition) is 5. The summed E-state index contributed by atoms with van der Waals surface area (Å²) >= 11 is 0. The third kappa shape index (κ3) is 4.50. The summed E-state index contributed by atoms with van der Waals surface area (Å²) in [7, 11) is 1.68. The first-order valence-corrected chi connectivity index (χ1v) is 8.63. The Kier molecular flexibility index (Phi) is 6.04. The van der Waals surface area contributed by atoms with E-state index in [0.29, 0.717) is 5.69 Å². The Morgan fingerprint density at radius 2 is 2.15 bits per heavy atom. The second kappa shape index (κ2) is 8.64. The number of hydrazone groups is 1. The molecule has 0 spiro atoms. The van der Waals surface area contributed by atoms with E-state index in [1.165, 1.54) is 0 Å². The summed E-state index contributed by atoms with van der Waals surface area (Å²) in [5.41, 5.74) is 5.82. The first kappa shape index (κ1) is 18.2. The topological polar surface area (TPSA) is 78.9 Å². The number of benzene rings is 1. The van der Waals surface area contributed by atoms with Crippen LogP contribution in [0.1, 0.15) is 28.5 Å². The van der Waals surface area contributed by atoms with Gasteiger partial charge in [-0.1, -0.05) is 0 Å². The second-order valence-electron chi connectivity index (χ2n) is 6.14. The van der Waals surface area contributed by atoms with Crippen molar-refractivity contribution in [1.29, 1.82) is 0 Å². The molecule has 1 aliphatic rings. The summed E-state index contributed by atoms with van der Waals surface area (Å²) in [5.74, 6) is 0.583. The smallest absolute Gasteiger partial charge is 0.287 e. The van der Waals surface area contributed by atoms with Crippen molar-refractivity contribution in [3.8, 4) is 5.75 Å². The molecule has 1 aliphatic heterocycles. The average molecular weight is 356 g/mol. The van der Waals surface area contributed by atoms with Crippen LogP contribution in [0.4, 0.5) is 0 Å². The lowest BCUT2D eigenvalue weighted by molar-refractivity contribution is 0.0339. The highest BCUT2D eigenvalue weighted by molar-refractivity contribution is 6.00. The van der Waals surface area contributed by atoms with Crippen molar-refractivity contribution in [2.45, 2.75) is 13.5 Å². The van der Waals surface area contributed by atoms with Gasteiger partial charge in [0, 0.05) is 31.4 Å². The fourth-order valence-corrected chi connectivity index (χ4v) is 2.86. The Bertz CT molecular complexity index is 765. The summed E-state index contributed by atoms with van der Waals surface area (Å²) in [5, 5.41) is 4.22. The van der Waals surface area contributed by atoms with E-state index >= 15 is 0 Å². The Hall–Kier alpha value is -2.64. The molecule has 1 saturated heterocycles. The number of rotatable bonds is 6. The number of amides is 1. The molecule has 0 atom stereocenters. The number of morpholine rings is 1. The van der Waals surface area contributed by atoms with Gasteiger partial charge in [-0.05, 0) is 42.8 Å². The highest BCUT2D eigenvalue weighted by Gasteiger charge is 2.14. The molecule has 1 fully saturated rings. The summed E-state index contributed by atoms with van der Waals surface area (Å²) in [6, 6.07) is 9.42. The molecule has 1 aromatic heterocycles. The lowest BCUT2D eigenvalue weighted by Crippen LogP contribution is -2.35. The van der Waals surface area contributed by atoms with E-state index in [4.69, 9.17) is 9.47 Å². The molecule has 0 radical (unpaired) electrons. The number of methoxy groups -OCH3 is 1. The molecule has 0 bridgehead atoms. The molecule has 0 aliphatic carbocycles. The van der Waals surface area contributed by atoms with Crippen LogP contribution in [0.25, 0.3) is 0 Å². The largest absolute Gasteiger partial charge is 0.496 e. The minimum Gasteiger partial charge on any atom is -0.496 e.